The van der Waals surface area contributed by atoms with E-state index in [4.69, 9.17) is 27.9 Å². The van der Waals surface area contributed by atoms with Crippen LogP contribution in [0.1, 0.15) is 18.3 Å². The van der Waals surface area contributed by atoms with E-state index in [-0.39, 0.29) is 12.5 Å². The van der Waals surface area contributed by atoms with Crippen LogP contribution in [0.25, 0.3) is 10.9 Å². The van der Waals surface area contributed by atoms with Gasteiger partial charge in [-0.3, -0.25) is 4.79 Å². The molecule has 2 aromatic heterocycles. The van der Waals surface area contributed by atoms with E-state index in [0.717, 1.165) is 11.1 Å². The summed E-state index contributed by atoms with van der Waals surface area (Å²) in [5.74, 6) is 0.303. The summed E-state index contributed by atoms with van der Waals surface area (Å²) in [5, 5.41) is 6.67. The molecule has 1 N–H and O–H groups in total. The smallest absolute Gasteiger partial charge is 0.223 e. The lowest BCUT2D eigenvalue weighted by molar-refractivity contribution is -0.114. The zero-order valence-corrected chi connectivity index (χ0v) is 15.2. The van der Waals surface area contributed by atoms with Gasteiger partial charge in [0.1, 0.15) is 12.1 Å². The van der Waals surface area contributed by atoms with Gasteiger partial charge in [-0.05, 0) is 25.1 Å². The van der Waals surface area contributed by atoms with E-state index in [1.54, 1.807) is 6.07 Å². The van der Waals surface area contributed by atoms with Crippen LogP contribution >= 0.6 is 34.5 Å². The van der Waals surface area contributed by atoms with Gasteiger partial charge >= 0.3 is 0 Å². The minimum Gasteiger partial charge on any atom is -0.483 e. The molecular formula is C16H13Cl2N3O2S. The van der Waals surface area contributed by atoms with Gasteiger partial charge in [0.05, 0.1) is 15.7 Å². The molecule has 0 radical (unpaired) electrons. The standard InChI is InChI=1S/C16H13Cl2N3O2S/c1-8-3-4-11-12(17)5-13(18)15(14(11)19-8)23-6-10-7-24-16(21-10)20-9(2)22/h3-5,7H,6H2,1-2H3,(H,20,21,22). The van der Waals surface area contributed by atoms with Crippen molar-refractivity contribution in [3.05, 3.63) is 45.0 Å². The molecule has 0 fully saturated rings. The predicted octanol–water partition coefficient (Wildman–Crippen LogP) is 4.84. The number of nitrogens with one attached hydrogen (secondary N) is 1. The van der Waals surface area contributed by atoms with E-state index in [0.29, 0.717) is 32.1 Å². The van der Waals surface area contributed by atoms with E-state index in [2.05, 4.69) is 15.3 Å². The summed E-state index contributed by atoms with van der Waals surface area (Å²) >= 11 is 13.8. The number of thiazole rings is 1. The fraction of sp³-hybridized carbons (Fsp3) is 0.188. The molecule has 1 amide bonds. The molecule has 0 saturated carbocycles. The molecular weight excluding hydrogens is 369 g/mol. The SMILES string of the molecule is CC(=O)Nc1nc(COc2c(Cl)cc(Cl)c3ccc(C)nc23)cs1. The topological polar surface area (TPSA) is 64.1 Å². The van der Waals surface area contributed by atoms with Crippen molar-refractivity contribution >= 4 is 56.5 Å². The number of anilines is 1. The first-order chi connectivity index (χ1) is 11.4. The molecule has 1 aromatic carbocycles. The maximum absolute atomic E-state index is 11.0. The highest BCUT2D eigenvalue weighted by atomic mass is 35.5. The van der Waals surface area contributed by atoms with Crippen LogP contribution in [0.5, 0.6) is 5.75 Å². The number of halogens is 2. The maximum Gasteiger partial charge on any atom is 0.223 e. The fourth-order valence-corrected chi connectivity index (χ4v) is 3.47. The van der Waals surface area contributed by atoms with Crippen molar-refractivity contribution in [1.29, 1.82) is 0 Å². The molecule has 8 heteroatoms. The summed E-state index contributed by atoms with van der Waals surface area (Å²) < 4.78 is 5.84. The summed E-state index contributed by atoms with van der Waals surface area (Å²) in [4.78, 5) is 19.8. The number of hydrogen-bond acceptors (Lipinski definition) is 5. The quantitative estimate of drug-likeness (QED) is 0.701. The summed E-state index contributed by atoms with van der Waals surface area (Å²) in [5.41, 5.74) is 2.15. The molecule has 24 heavy (non-hydrogen) atoms. The number of carbonyl (C=O) groups excluding carboxylic acids is 1. The second-order valence-electron chi connectivity index (χ2n) is 5.13. The second kappa shape index (κ2) is 6.93. The third-order valence-electron chi connectivity index (χ3n) is 3.18. The Kier molecular flexibility index (Phi) is 4.89. The molecule has 0 spiro atoms. The Balaban J connectivity index is 1.88. The minimum absolute atomic E-state index is 0.164. The van der Waals surface area contributed by atoms with Crippen molar-refractivity contribution < 1.29 is 9.53 Å². The van der Waals surface area contributed by atoms with E-state index in [1.807, 2.05) is 24.4 Å². The molecule has 0 unspecified atom stereocenters. The minimum atomic E-state index is -0.164. The first-order valence-corrected chi connectivity index (χ1v) is 8.67. The number of fused-ring (bicyclic) bond motifs is 1. The van der Waals surface area contributed by atoms with Gasteiger partial charge in [0.2, 0.25) is 5.91 Å². The maximum atomic E-state index is 11.0. The van der Waals surface area contributed by atoms with Crippen LogP contribution in [0.15, 0.2) is 23.6 Å². The van der Waals surface area contributed by atoms with Gasteiger partial charge in [0, 0.05) is 23.4 Å². The average Bonchev–Trinajstić information content (AvgIpc) is 2.93. The molecule has 3 rings (SSSR count). The van der Waals surface area contributed by atoms with Crippen molar-refractivity contribution in [2.45, 2.75) is 20.5 Å². The van der Waals surface area contributed by atoms with Crippen molar-refractivity contribution in [2.75, 3.05) is 5.32 Å². The lowest BCUT2D eigenvalue weighted by atomic mass is 10.2. The largest absolute Gasteiger partial charge is 0.483 e. The normalized spacial score (nSPS) is 10.8. The number of pyridine rings is 1. The van der Waals surface area contributed by atoms with E-state index in [1.165, 1.54) is 18.3 Å². The number of hydrogen-bond donors (Lipinski definition) is 1. The van der Waals surface area contributed by atoms with Gasteiger partial charge in [-0.1, -0.05) is 23.2 Å². The first-order valence-electron chi connectivity index (χ1n) is 7.04. The molecule has 5 nitrogen and oxygen atoms in total. The highest BCUT2D eigenvalue weighted by Crippen LogP contribution is 2.37. The zero-order chi connectivity index (χ0) is 17.3. The molecule has 0 atom stereocenters. The molecule has 0 bridgehead atoms. The summed E-state index contributed by atoms with van der Waals surface area (Å²) in [7, 11) is 0. The predicted molar refractivity (Wildman–Crippen MR) is 97.2 cm³/mol. The van der Waals surface area contributed by atoms with E-state index >= 15 is 0 Å². The molecule has 0 aliphatic rings. The van der Waals surface area contributed by atoms with Crippen molar-refractivity contribution in [2.24, 2.45) is 0 Å². The van der Waals surface area contributed by atoms with Crippen LogP contribution in [0.4, 0.5) is 5.13 Å². The third-order valence-corrected chi connectivity index (χ3v) is 4.58. The Labute approximate surface area is 152 Å². The number of amides is 1. The highest BCUT2D eigenvalue weighted by molar-refractivity contribution is 7.13. The van der Waals surface area contributed by atoms with Gasteiger partial charge in [-0.25, -0.2) is 9.97 Å². The Morgan fingerprint density at radius 2 is 2.08 bits per heavy atom. The van der Waals surface area contributed by atoms with Crippen molar-refractivity contribution in [1.82, 2.24) is 9.97 Å². The van der Waals surface area contributed by atoms with Gasteiger partial charge in [-0.15, -0.1) is 11.3 Å². The Morgan fingerprint density at radius 3 is 2.83 bits per heavy atom. The number of benzene rings is 1. The molecule has 0 saturated heterocycles. The van der Waals surface area contributed by atoms with E-state index < -0.39 is 0 Å². The molecule has 124 valence electrons. The fourth-order valence-electron chi connectivity index (χ4n) is 2.15. The lowest BCUT2D eigenvalue weighted by Gasteiger charge is -2.11. The number of aromatic nitrogens is 2. The van der Waals surface area contributed by atoms with Crippen LogP contribution in [0.3, 0.4) is 0 Å². The van der Waals surface area contributed by atoms with Crippen LogP contribution < -0.4 is 10.1 Å². The van der Waals surface area contributed by atoms with Crippen molar-refractivity contribution in [3.8, 4) is 5.75 Å². The van der Waals surface area contributed by atoms with Crippen LogP contribution in [0, 0.1) is 6.92 Å². The van der Waals surface area contributed by atoms with E-state index in [9.17, 15) is 4.79 Å². The van der Waals surface area contributed by atoms with Crippen molar-refractivity contribution in [3.63, 3.8) is 0 Å². The van der Waals surface area contributed by atoms with Gasteiger partial charge in [-0.2, -0.15) is 0 Å². The number of aryl methyl sites for hydroxylation is 1. The Morgan fingerprint density at radius 1 is 1.29 bits per heavy atom. The molecule has 0 aliphatic carbocycles. The number of carbonyl (C=O) groups is 1. The number of ether oxygens (including phenoxy) is 1. The van der Waals surface area contributed by atoms with Crippen LogP contribution in [0.2, 0.25) is 10.0 Å². The lowest BCUT2D eigenvalue weighted by Crippen LogP contribution is -2.05. The van der Waals surface area contributed by atoms with Crippen LogP contribution in [-0.2, 0) is 11.4 Å². The number of rotatable bonds is 4. The first kappa shape index (κ1) is 17.0. The van der Waals surface area contributed by atoms with Gasteiger partial charge in [0.15, 0.2) is 10.9 Å². The summed E-state index contributed by atoms with van der Waals surface area (Å²) in [6.45, 7) is 3.53. The third kappa shape index (κ3) is 3.61. The second-order valence-corrected chi connectivity index (χ2v) is 6.80. The van der Waals surface area contributed by atoms with Crippen LogP contribution in [-0.4, -0.2) is 15.9 Å². The Bertz CT molecular complexity index is 927. The number of nitrogens with zero attached hydrogens (tertiary/aromatic N) is 2. The highest BCUT2D eigenvalue weighted by Gasteiger charge is 2.14. The van der Waals surface area contributed by atoms with Gasteiger partial charge in [0.25, 0.3) is 0 Å². The summed E-state index contributed by atoms with van der Waals surface area (Å²) in [6.07, 6.45) is 0. The monoisotopic (exact) mass is 381 g/mol. The molecule has 2 heterocycles. The average molecular weight is 382 g/mol. The summed E-state index contributed by atoms with van der Waals surface area (Å²) in [6, 6.07) is 5.41. The zero-order valence-electron chi connectivity index (χ0n) is 12.9. The Hall–Kier alpha value is -1.89. The molecule has 3 aromatic rings. The van der Waals surface area contributed by atoms with Gasteiger partial charge < -0.3 is 10.1 Å². The molecule has 0 aliphatic heterocycles.